The first-order valence-corrected chi connectivity index (χ1v) is 10.6. The Morgan fingerprint density at radius 2 is 1.89 bits per heavy atom. The Labute approximate surface area is 171 Å². The Bertz CT molecular complexity index is 744. The van der Waals surface area contributed by atoms with Crippen LogP contribution in [-0.2, 0) is 16.1 Å². The number of thioether (sulfide) groups is 1. The molecule has 0 spiro atoms. The summed E-state index contributed by atoms with van der Waals surface area (Å²) >= 11 is 1.42. The number of anilines is 1. The molecule has 2 aromatic rings. The number of ether oxygens (including phenoxy) is 1. The van der Waals surface area contributed by atoms with Crippen LogP contribution in [0, 0.1) is 0 Å². The predicted molar refractivity (Wildman–Crippen MR) is 115 cm³/mol. The summed E-state index contributed by atoms with van der Waals surface area (Å²) in [5.41, 5.74) is 2.22. The summed E-state index contributed by atoms with van der Waals surface area (Å²) in [7, 11) is 1.62. The molecule has 0 fully saturated rings. The van der Waals surface area contributed by atoms with Gasteiger partial charge in [-0.05, 0) is 52.0 Å². The first-order valence-electron chi connectivity index (χ1n) is 9.77. The Kier molecular flexibility index (Phi) is 8.79. The lowest BCUT2D eigenvalue weighted by atomic mass is 10.2. The number of nitrogens with one attached hydrogen (secondary N) is 1. The van der Waals surface area contributed by atoms with Crippen LogP contribution in [0.1, 0.15) is 27.7 Å². The van der Waals surface area contributed by atoms with E-state index in [1.54, 1.807) is 7.11 Å². The van der Waals surface area contributed by atoms with Gasteiger partial charge in [0.1, 0.15) is 0 Å². The van der Waals surface area contributed by atoms with E-state index in [4.69, 9.17) is 4.74 Å². The molecular formula is C20H31N5O2S. The monoisotopic (exact) mass is 405 g/mol. The fraction of sp³-hybridized carbons (Fsp3) is 0.550. The highest BCUT2D eigenvalue weighted by molar-refractivity contribution is 8.00. The van der Waals surface area contributed by atoms with Gasteiger partial charge in [0.05, 0.1) is 11.9 Å². The number of nitrogens with zero attached hydrogens (tertiary/aromatic N) is 4. The largest absolute Gasteiger partial charge is 0.383 e. The van der Waals surface area contributed by atoms with Crippen molar-refractivity contribution >= 4 is 23.4 Å². The van der Waals surface area contributed by atoms with Crippen molar-refractivity contribution in [2.75, 3.05) is 38.3 Å². The van der Waals surface area contributed by atoms with E-state index >= 15 is 0 Å². The molecule has 2 rings (SSSR count). The lowest BCUT2D eigenvalue weighted by Gasteiger charge is -2.21. The Balaban J connectivity index is 2.14. The maximum atomic E-state index is 12.2. The molecule has 1 aromatic heterocycles. The maximum absolute atomic E-state index is 12.2. The van der Waals surface area contributed by atoms with Crippen LogP contribution in [0.25, 0.3) is 11.4 Å². The minimum absolute atomic E-state index is 0.0298. The van der Waals surface area contributed by atoms with Crippen molar-refractivity contribution in [2.45, 2.75) is 44.6 Å². The third kappa shape index (κ3) is 5.48. The zero-order chi connectivity index (χ0) is 20.5. The lowest BCUT2D eigenvalue weighted by molar-refractivity contribution is -0.120. The molecule has 1 atom stereocenters. The zero-order valence-corrected chi connectivity index (χ0v) is 18.3. The number of carbonyl (C=O) groups excluding carboxylic acids is 1. The molecule has 0 bridgehead atoms. The predicted octanol–water partition coefficient (Wildman–Crippen LogP) is 3.05. The van der Waals surface area contributed by atoms with Gasteiger partial charge in [0, 0.05) is 44.5 Å². The Hall–Kier alpha value is -2.06. The van der Waals surface area contributed by atoms with E-state index in [2.05, 4.69) is 70.0 Å². The van der Waals surface area contributed by atoms with Crippen LogP contribution < -0.4 is 10.2 Å². The third-order valence-electron chi connectivity index (χ3n) is 4.54. The van der Waals surface area contributed by atoms with Gasteiger partial charge in [-0.15, -0.1) is 10.2 Å². The van der Waals surface area contributed by atoms with E-state index in [9.17, 15) is 4.79 Å². The van der Waals surface area contributed by atoms with Gasteiger partial charge in [-0.1, -0.05) is 11.8 Å². The molecule has 28 heavy (non-hydrogen) atoms. The molecule has 0 radical (unpaired) electrons. The number of hydrogen-bond acceptors (Lipinski definition) is 6. The van der Waals surface area contributed by atoms with Gasteiger partial charge in [0.25, 0.3) is 0 Å². The molecule has 1 amide bonds. The standard InChI is InChI=1S/C20H31N5O2S/c1-6-24(7-2)17-11-9-16(10-12-17)18-22-23-20(25(18)8-3)28-15(4)19(26)21-13-14-27-5/h9-12,15H,6-8,13-14H2,1-5H3,(H,21,26)/t15-/m1/s1. The maximum Gasteiger partial charge on any atom is 0.233 e. The first-order chi connectivity index (χ1) is 13.5. The van der Waals surface area contributed by atoms with Gasteiger partial charge >= 0.3 is 0 Å². The first kappa shape index (κ1) is 22.2. The highest BCUT2D eigenvalue weighted by atomic mass is 32.2. The lowest BCUT2D eigenvalue weighted by Crippen LogP contribution is -2.33. The molecule has 8 heteroatoms. The van der Waals surface area contributed by atoms with E-state index in [1.807, 2.05) is 6.92 Å². The average molecular weight is 406 g/mol. The number of aromatic nitrogens is 3. The summed E-state index contributed by atoms with van der Waals surface area (Å²) in [5.74, 6) is 0.793. The topological polar surface area (TPSA) is 72.3 Å². The summed E-state index contributed by atoms with van der Waals surface area (Å²) in [6.07, 6.45) is 0. The molecule has 0 saturated heterocycles. The number of hydrogen-bond donors (Lipinski definition) is 1. The van der Waals surface area contributed by atoms with E-state index in [-0.39, 0.29) is 11.2 Å². The fourth-order valence-corrected chi connectivity index (χ4v) is 3.85. The summed E-state index contributed by atoms with van der Waals surface area (Å²) in [4.78, 5) is 14.5. The average Bonchev–Trinajstić information content (AvgIpc) is 3.12. The number of rotatable bonds is 11. The minimum Gasteiger partial charge on any atom is -0.383 e. The summed E-state index contributed by atoms with van der Waals surface area (Å²) in [6.45, 7) is 11.9. The van der Waals surface area contributed by atoms with Gasteiger partial charge in [0.15, 0.2) is 11.0 Å². The normalized spacial score (nSPS) is 12.0. The minimum atomic E-state index is -0.260. The van der Waals surface area contributed by atoms with Gasteiger partial charge in [-0.3, -0.25) is 4.79 Å². The second-order valence-electron chi connectivity index (χ2n) is 6.31. The van der Waals surface area contributed by atoms with Gasteiger partial charge in [0.2, 0.25) is 5.91 Å². The van der Waals surface area contributed by atoms with Crippen LogP contribution in [0.4, 0.5) is 5.69 Å². The Morgan fingerprint density at radius 3 is 2.46 bits per heavy atom. The smallest absolute Gasteiger partial charge is 0.233 e. The molecule has 0 aliphatic rings. The SMILES string of the molecule is CCN(CC)c1ccc(-c2nnc(S[C@H](C)C(=O)NCCOC)n2CC)cc1. The van der Waals surface area contributed by atoms with Crippen LogP contribution in [0.5, 0.6) is 0 Å². The number of amides is 1. The van der Waals surface area contributed by atoms with E-state index in [1.165, 1.54) is 17.4 Å². The van der Waals surface area contributed by atoms with Crippen LogP contribution in [0.3, 0.4) is 0 Å². The molecule has 0 unspecified atom stereocenters. The number of benzene rings is 1. The summed E-state index contributed by atoms with van der Waals surface area (Å²) in [6, 6.07) is 8.41. The highest BCUT2D eigenvalue weighted by Gasteiger charge is 2.20. The molecular weight excluding hydrogens is 374 g/mol. The summed E-state index contributed by atoms with van der Waals surface area (Å²) < 4.78 is 7.02. The Morgan fingerprint density at radius 1 is 1.21 bits per heavy atom. The van der Waals surface area contributed by atoms with Crippen molar-refractivity contribution in [3.63, 3.8) is 0 Å². The van der Waals surface area contributed by atoms with Gasteiger partial charge < -0.3 is 19.5 Å². The van der Waals surface area contributed by atoms with E-state index in [0.29, 0.717) is 13.2 Å². The van der Waals surface area contributed by atoms with Crippen molar-refractivity contribution in [3.05, 3.63) is 24.3 Å². The quantitative estimate of drug-likeness (QED) is 0.458. The number of carbonyl (C=O) groups is 1. The van der Waals surface area contributed by atoms with Crippen molar-refractivity contribution in [3.8, 4) is 11.4 Å². The van der Waals surface area contributed by atoms with Gasteiger partial charge in [-0.25, -0.2) is 0 Å². The van der Waals surface area contributed by atoms with Crippen molar-refractivity contribution < 1.29 is 9.53 Å². The molecule has 0 aliphatic carbocycles. The molecule has 0 aliphatic heterocycles. The van der Waals surface area contributed by atoms with Crippen molar-refractivity contribution in [2.24, 2.45) is 0 Å². The van der Waals surface area contributed by atoms with Crippen molar-refractivity contribution in [1.82, 2.24) is 20.1 Å². The van der Waals surface area contributed by atoms with Crippen LogP contribution >= 0.6 is 11.8 Å². The summed E-state index contributed by atoms with van der Waals surface area (Å²) in [5, 5.41) is 12.1. The zero-order valence-electron chi connectivity index (χ0n) is 17.4. The molecule has 1 aromatic carbocycles. The molecule has 1 heterocycles. The fourth-order valence-electron chi connectivity index (χ4n) is 2.92. The van der Waals surface area contributed by atoms with Crippen LogP contribution in [0.2, 0.25) is 0 Å². The third-order valence-corrected chi connectivity index (χ3v) is 5.62. The van der Waals surface area contributed by atoms with E-state index < -0.39 is 0 Å². The highest BCUT2D eigenvalue weighted by Crippen LogP contribution is 2.28. The van der Waals surface area contributed by atoms with Crippen LogP contribution in [-0.4, -0.2) is 59.3 Å². The van der Waals surface area contributed by atoms with Crippen LogP contribution in [0.15, 0.2) is 29.4 Å². The molecule has 0 saturated carbocycles. The second-order valence-corrected chi connectivity index (χ2v) is 7.62. The second kappa shape index (κ2) is 11.1. The number of methoxy groups -OCH3 is 1. The van der Waals surface area contributed by atoms with Gasteiger partial charge in [-0.2, -0.15) is 0 Å². The van der Waals surface area contributed by atoms with E-state index in [0.717, 1.165) is 36.2 Å². The van der Waals surface area contributed by atoms with Crippen molar-refractivity contribution in [1.29, 1.82) is 0 Å². The molecule has 1 N–H and O–H groups in total. The molecule has 154 valence electrons. The molecule has 7 nitrogen and oxygen atoms in total.